The maximum absolute atomic E-state index is 10.8. The number of hydrogen-bond acceptors (Lipinski definition) is 4. The Kier molecular flexibility index (Phi) is 3.28. The first-order valence-electron chi connectivity index (χ1n) is 3.80. The third-order valence-electron chi connectivity index (χ3n) is 1.49. The topological polar surface area (TPSA) is 64.7 Å². The SMILES string of the molecule is CC(=O)Sc1ccc(C#N)c(C#N)c1. The highest BCUT2D eigenvalue weighted by molar-refractivity contribution is 8.13. The molecule has 0 unspecified atom stereocenters. The summed E-state index contributed by atoms with van der Waals surface area (Å²) in [5, 5.41) is 17.3. The highest BCUT2D eigenvalue weighted by Crippen LogP contribution is 2.21. The van der Waals surface area contributed by atoms with Gasteiger partial charge in [0, 0.05) is 11.8 Å². The zero-order valence-corrected chi connectivity index (χ0v) is 8.26. The van der Waals surface area contributed by atoms with Gasteiger partial charge in [0.2, 0.25) is 0 Å². The van der Waals surface area contributed by atoms with Crippen molar-refractivity contribution in [2.75, 3.05) is 0 Å². The lowest BCUT2D eigenvalue weighted by Gasteiger charge is -1.98. The summed E-state index contributed by atoms with van der Waals surface area (Å²) in [5.74, 6) is 0. The molecule has 0 N–H and O–H groups in total. The molecule has 68 valence electrons. The van der Waals surface area contributed by atoms with Crippen molar-refractivity contribution in [1.29, 1.82) is 10.5 Å². The van der Waals surface area contributed by atoms with Gasteiger partial charge in [0.15, 0.2) is 5.12 Å². The monoisotopic (exact) mass is 202 g/mol. The van der Waals surface area contributed by atoms with Crippen LogP contribution in [0.1, 0.15) is 18.1 Å². The molecule has 0 heterocycles. The molecular formula is C10H6N2OS. The Morgan fingerprint density at radius 3 is 2.43 bits per heavy atom. The van der Waals surface area contributed by atoms with Crippen LogP contribution in [-0.4, -0.2) is 5.12 Å². The average molecular weight is 202 g/mol. The predicted octanol–water partition coefficient (Wildman–Crippen LogP) is 2.07. The van der Waals surface area contributed by atoms with Crippen molar-refractivity contribution in [2.45, 2.75) is 11.8 Å². The van der Waals surface area contributed by atoms with E-state index in [9.17, 15) is 4.79 Å². The minimum absolute atomic E-state index is 0.0430. The summed E-state index contributed by atoms with van der Waals surface area (Å²) in [6, 6.07) is 8.57. The molecule has 3 nitrogen and oxygen atoms in total. The summed E-state index contributed by atoms with van der Waals surface area (Å²) in [5.41, 5.74) is 0.638. The molecule has 0 spiro atoms. The van der Waals surface area contributed by atoms with Gasteiger partial charge >= 0.3 is 0 Å². The normalized spacial score (nSPS) is 8.79. The fraction of sp³-hybridized carbons (Fsp3) is 0.100. The number of benzene rings is 1. The Morgan fingerprint density at radius 2 is 1.93 bits per heavy atom. The molecule has 4 heteroatoms. The summed E-state index contributed by atoms with van der Waals surface area (Å²) in [7, 11) is 0. The minimum Gasteiger partial charge on any atom is -0.287 e. The van der Waals surface area contributed by atoms with E-state index < -0.39 is 0 Å². The summed E-state index contributed by atoms with van der Waals surface area (Å²) >= 11 is 1.05. The quantitative estimate of drug-likeness (QED) is 0.654. The van der Waals surface area contributed by atoms with E-state index >= 15 is 0 Å². The van der Waals surface area contributed by atoms with Crippen LogP contribution in [0.4, 0.5) is 0 Å². The average Bonchev–Trinajstić information content (AvgIpc) is 2.16. The van der Waals surface area contributed by atoms with Gasteiger partial charge in [0.1, 0.15) is 12.1 Å². The summed E-state index contributed by atoms with van der Waals surface area (Å²) < 4.78 is 0. The number of hydrogen-bond donors (Lipinski definition) is 0. The number of thioether (sulfide) groups is 1. The molecular weight excluding hydrogens is 196 g/mol. The number of nitriles is 2. The maximum Gasteiger partial charge on any atom is 0.190 e. The summed E-state index contributed by atoms with van der Waals surface area (Å²) in [4.78, 5) is 11.5. The highest BCUT2D eigenvalue weighted by Gasteiger charge is 2.04. The second kappa shape index (κ2) is 4.45. The fourth-order valence-corrected chi connectivity index (χ4v) is 1.59. The van der Waals surface area contributed by atoms with Crippen LogP contribution in [0, 0.1) is 22.7 Å². The van der Waals surface area contributed by atoms with Crippen molar-refractivity contribution in [3.05, 3.63) is 29.3 Å². The Morgan fingerprint density at radius 1 is 1.29 bits per heavy atom. The van der Waals surface area contributed by atoms with E-state index in [4.69, 9.17) is 10.5 Å². The number of carbonyl (C=O) groups excluding carboxylic acids is 1. The Balaban J connectivity index is 3.11. The number of carbonyl (C=O) groups is 1. The lowest BCUT2D eigenvalue weighted by Crippen LogP contribution is -1.86. The van der Waals surface area contributed by atoms with Crippen LogP contribution in [-0.2, 0) is 4.79 Å². The third kappa shape index (κ3) is 2.35. The van der Waals surface area contributed by atoms with Crippen molar-refractivity contribution in [2.24, 2.45) is 0 Å². The molecule has 0 aromatic heterocycles. The zero-order valence-electron chi connectivity index (χ0n) is 7.44. The standard InChI is InChI=1S/C10H6N2OS/c1-7(13)14-10-3-2-8(5-11)9(4-10)6-12/h2-4H,1H3. The predicted molar refractivity (Wildman–Crippen MR) is 52.4 cm³/mol. The van der Waals surface area contributed by atoms with Crippen LogP contribution in [0.3, 0.4) is 0 Å². The molecule has 0 aliphatic rings. The van der Waals surface area contributed by atoms with Crippen LogP contribution < -0.4 is 0 Å². The van der Waals surface area contributed by atoms with Gasteiger partial charge in [-0.25, -0.2) is 0 Å². The van der Waals surface area contributed by atoms with E-state index in [2.05, 4.69) is 0 Å². The van der Waals surface area contributed by atoms with E-state index in [0.29, 0.717) is 16.0 Å². The van der Waals surface area contributed by atoms with Gasteiger partial charge in [-0.15, -0.1) is 0 Å². The molecule has 0 aliphatic carbocycles. The maximum atomic E-state index is 10.8. The van der Waals surface area contributed by atoms with Gasteiger partial charge in [-0.2, -0.15) is 10.5 Å². The molecule has 0 saturated carbocycles. The molecule has 0 saturated heterocycles. The van der Waals surface area contributed by atoms with Crippen LogP contribution >= 0.6 is 11.8 Å². The van der Waals surface area contributed by atoms with Crippen LogP contribution in [0.2, 0.25) is 0 Å². The van der Waals surface area contributed by atoms with Crippen molar-refractivity contribution in [3.8, 4) is 12.1 Å². The number of nitrogens with zero attached hydrogens (tertiary/aromatic N) is 2. The van der Waals surface area contributed by atoms with E-state index in [0.717, 1.165) is 11.8 Å². The molecule has 14 heavy (non-hydrogen) atoms. The van der Waals surface area contributed by atoms with Crippen molar-refractivity contribution in [1.82, 2.24) is 0 Å². The molecule has 0 amide bonds. The highest BCUT2D eigenvalue weighted by atomic mass is 32.2. The largest absolute Gasteiger partial charge is 0.287 e. The molecule has 0 fully saturated rings. The molecule has 1 aromatic rings. The molecule has 0 aliphatic heterocycles. The van der Waals surface area contributed by atoms with Crippen LogP contribution in [0.25, 0.3) is 0 Å². The second-order valence-electron chi connectivity index (χ2n) is 2.52. The lowest BCUT2D eigenvalue weighted by molar-refractivity contribution is -0.109. The van der Waals surface area contributed by atoms with Gasteiger partial charge < -0.3 is 0 Å². The molecule has 0 bridgehead atoms. The molecule has 1 aromatic carbocycles. The number of rotatable bonds is 1. The first kappa shape index (κ1) is 10.3. The fourth-order valence-electron chi connectivity index (χ4n) is 0.943. The van der Waals surface area contributed by atoms with E-state index in [1.807, 2.05) is 12.1 Å². The van der Waals surface area contributed by atoms with E-state index in [-0.39, 0.29) is 5.12 Å². The third-order valence-corrected chi connectivity index (χ3v) is 2.27. The van der Waals surface area contributed by atoms with E-state index in [1.165, 1.54) is 6.92 Å². The van der Waals surface area contributed by atoms with E-state index in [1.54, 1.807) is 18.2 Å². The van der Waals surface area contributed by atoms with Crippen LogP contribution in [0.15, 0.2) is 23.1 Å². The first-order chi connectivity index (χ1) is 6.67. The second-order valence-corrected chi connectivity index (χ2v) is 3.78. The minimum atomic E-state index is -0.0430. The van der Waals surface area contributed by atoms with Crippen molar-refractivity contribution < 1.29 is 4.79 Å². The first-order valence-corrected chi connectivity index (χ1v) is 4.61. The smallest absolute Gasteiger partial charge is 0.190 e. The lowest BCUT2D eigenvalue weighted by atomic mass is 10.1. The molecule has 0 atom stereocenters. The Labute approximate surface area is 86.0 Å². The van der Waals surface area contributed by atoms with Gasteiger partial charge in [-0.3, -0.25) is 4.79 Å². The van der Waals surface area contributed by atoms with Crippen LogP contribution in [0.5, 0.6) is 0 Å². The van der Waals surface area contributed by atoms with Gasteiger partial charge in [-0.1, -0.05) is 11.8 Å². The van der Waals surface area contributed by atoms with Gasteiger partial charge in [0.25, 0.3) is 0 Å². The summed E-state index contributed by atoms with van der Waals surface area (Å²) in [6.45, 7) is 1.45. The van der Waals surface area contributed by atoms with Gasteiger partial charge in [0.05, 0.1) is 11.1 Å². The molecule has 0 radical (unpaired) electrons. The Bertz CT molecular complexity index is 454. The van der Waals surface area contributed by atoms with Crippen molar-refractivity contribution >= 4 is 16.9 Å². The zero-order chi connectivity index (χ0) is 10.6. The molecule has 1 rings (SSSR count). The van der Waals surface area contributed by atoms with Crippen molar-refractivity contribution in [3.63, 3.8) is 0 Å². The summed E-state index contributed by atoms with van der Waals surface area (Å²) in [6.07, 6.45) is 0. The van der Waals surface area contributed by atoms with Gasteiger partial charge in [-0.05, 0) is 18.2 Å². The Hall–Kier alpha value is -1.78.